The lowest BCUT2D eigenvalue weighted by atomic mass is 10.00. The average Bonchev–Trinajstić information content (AvgIpc) is 3.35. The molecule has 0 saturated heterocycles. The summed E-state index contributed by atoms with van der Waals surface area (Å²) < 4.78 is 1.91. The highest BCUT2D eigenvalue weighted by atomic mass is 16.3. The van der Waals surface area contributed by atoms with Gasteiger partial charge in [-0.2, -0.15) is 5.26 Å². The number of fused-ring (bicyclic) bond motifs is 2. The highest BCUT2D eigenvalue weighted by Crippen LogP contribution is 2.19. The van der Waals surface area contributed by atoms with E-state index in [1.807, 2.05) is 16.7 Å². The molecule has 2 amide bonds. The molecule has 0 bridgehead atoms. The second kappa shape index (κ2) is 10.9. The van der Waals surface area contributed by atoms with Crippen LogP contribution in [0.3, 0.4) is 0 Å². The highest BCUT2D eigenvalue weighted by Gasteiger charge is 2.24. The quantitative estimate of drug-likeness (QED) is 0.455. The van der Waals surface area contributed by atoms with Gasteiger partial charge < -0.3 is 20.3 Å². The van der Waals surface area contributed by atoms with E-state index in [9.17, 15) is 14.7 Å². The van der Waals surface area contributed by atoms with Crippen molar-refractivity contribution in [2.24, 2.45) is 0 Å². The number of aryl methyl sites for hydroxylation is 1. The van der Waals surface area contributed by atoms with Gasteiger partial charge in [0.15, 0.2) is 0 Å². The lowest BCUT2D eigenvalue weighted by Gasteiger charge is -2.30. The predicted octanol–water partition coefficient (Wildman–Crippen LogP) is 1.65. The van der Waals surface area contributed by atoms with Crippen LogP contribution in [0.1, 0.15) is 49.8 Å². The van der Waals surface area contributed by atoms with Crippen molar-refractivity contribution in [3.8, 4) is 6.07 Å². The van der Waals surface area contributed by atoms with Crippen molar-refractivity contribution in [3.63, 3.8) is 0 Å². The predicted molar refractivity (Wildman–Crippen MR) is 137 cm³/mol. The smallest absolute Gasteiger partial charge is 0.271 e. The lowest BCUT2D eigenvalue weighted by molar-refractivity contribution is 0.0838. The number of β-amino-alcohol motifs (C(OH)–C–C–N with tert-alkyl or cyclic N) is 1. The molecular formula is C28H30N6O3. The van der Waals surface area contributed by atoms with Gasteiger partial charge in [-0.25, -0.2) is 4.98 Å². The fraction of sp³-hybridized carbons (Fsp3) is 0.357. The molecule has 3 heterocycles. The van der Waals surface area contributed by atoms with Crippen LogP contribution in [0.5, 0.6) is 0 Å². The van der Waals surface area contributed by atoms with E-state index in [1.54, 1.807) is 30.5 Å². The van der Waals surface area contributed by atoms with Crippen LogP contribution >= 0.6 is 0 Å². The first-order chi connectivity index (χ1) is 18.0. The van der Waals surface area contributed by atoms with Crippen molar-refractivity contribution in [2.75, 3.05) is 19.6 Å². The number of aliphatic hydroxyl groups excluding tert-OH is 1. The molecule has 0 spiro atoms. The van der Waals surface area contributed by atoms with Gasteiger partial charge in [-0.05, 0) is 48.2 Å². The summed E-state index contributed by atoms with van der Waals surface area (Å²) in [6.07, 6.45) is 3.36. The number of carbonyl (C=O) groups excluding carboxylic acids is 2. The Kier molecular flexibility index (Phi) is 7.30. The molecule has 5 rings (SSSR count). The van der Waals surface area contributed by atoms with Crippen LogP contribution in [0.4, 0.5) is 0 Å². The first kappa shape index (κ1) is 24.7. The molecule has 1 aromatic heterocycles. The number of imidazole rings is 1. The first-order valence-corrected chi connectivity index (χ1v) is 12.6. The van der Waals surface area contributed by atoms with Gasteiger partial charge in [-0.1, -0.05) is 24.3 Å². The third-order valence-electron chi connectivity index (χ3n) is 7.01. The Morgan fingerprint density at radius 3 is 2.68 bits per heavy atom. The van der Waals surface area contributed by atoms with Crippen LogP contribution in [0.2, 0.25) is 0 Å². The number of nitrogens with zero attached hydrogens (tertiary/aromatic N) is 4. The Morgan fingerprint density at radius 2 is 1.89 bits per heavy atom. The number of carbonyl (C=O) groups is 2. The maximum atomic E-state index is 12.7. The number of nitriles is 1. The minimum absolute atomic E-state index is 0.0859. The Hall–Kier alpha value is -4.00. The molecule has 190 valence electrons. The zero-order valence-corrected chi connectivity index (χ0v) is 20.6. The van der Waals surface area contributed by atoms with Gasteiger partial charge in [-0.15, -0.1) is 0 Å². The van der Waals surface area contributed by atoms with Crippen LogP contribution in [-0.4, -0.2) is 63.2 Å². The van der Waals surface area contributed by atoms with Gasteiger partial charge in [0.2, 0.25) is 0 Å². The Labute approximate surface area is 215 Å². The second-order valence-electron chi connectivity index (χ2n) is 9.71. The van der Waals surface area contributed by atoms with Gasteiger partial charge in [-0.3, -0.25) is 14.5 Å². The molecule has 3 aromatic rings. The van der Waals surface area contributed by atoms with E-state index in [4.69, 9.17) is 5.26 Å². The molecule has 9 nitrogen and oxygen atoms in total. The number of aromatic nitrogens is 2. The van der Waals surface area contributed by atoms with Crippen molar-refractivity contribution in [1.82, 2.24) is 25.1 Å². The molecule has 0 saturated carbocycles. The van der Waals surface area contributed by atoms with Crippen LogP contribution in [0.15, 0.2) is 54.7 Å². The third-order valence-corrected chi connectivity index (χ3v) is 7.01. The van der Waals surface area contributed by atoms with Crippen LogP contribution in [0, 0.1) is 11.3 Å². The fourth-order valence-electron chi connectivity index (χ4n) is 5.01. The SMILES string of the molecule is N#Cc1ccc(C(=O)NC2CCc3nc(C(=O)NC[C@H](O)CN4CCc5ccccc5C4)cn3C2)cc1. The van der Waals surface area contributed by atoms with Crippen LogP contribution < -0.4 is 10.6 Å². The summed E-state index contributed by atoms with van der Waals surface area (Å²) in [5.74, 6) is 0.298. The Morgan fingerprint density at radius 1 is 1.11 bits per heavy atom. The number of nitrogens with one attached hydrogen (secondary N) is 2. The zero-order chi connectivity index (χ0) is 25.8. The van der Waals surface area contributed by atoms with Crippen molar-refractivity contribution in [1.29, 1.82) is 5.26 Å². The van der Waals surface area contributed by atoms with Crippen molar-refractivity contribution < 1.29 is 14.7 Å². The Bertz CT molecular complexity index is 1330. The molecule has 0 radical (unpaired) electrons. The molecule has 0 aliphatic carbocycles. The standard InChI is InChI=1S/C28H30N6O3/c29-13-19-5-7-21(8-6-19)27(36)31-23-9-10-26-32-25(18-34(26)16-23)28(37)30-14-24(35)17-33-12-11-20-3-1-2-4-22(20)15-33/h1-8,18,23-24,35H,9-12,14-17H2,(H,30,37)(H,31,36)/t23?,24-/m0/s1. The summed E-state index contributed by atoms with van der Waals surface area (Å²) >= 11 is 0. The number of hydrogen-bond acceptors (Lipinski definition) is 6. The molecule has 2 atom stereocenters. The minimum atomic E-state index is -0.673. The monoisotopic (exact) mass is 498 g/mol. The number of hydrogen-bond donors (Lipinski definition) is 3. The fourth-order valence-corrected chi connectivity index (χ4v) is 5.01. The Balaban J connectivity index is 1.10. The molecule has 3 N–H and O–H groups in total. The number of aliphatic hydroxyl groups is 1. The zero-order valence-electron chi connectivity index (χ0n) is 20.6. The normalized spacial score (nSPS) is 17.7. The maximum absolute atomic E-state index is 12.7. The van der Waals surface area contributed by atoms with Crippen molar-refractivity contribution >= 4 is 11.8 Å². The first-order valence-electron chi connectivity index (χ1n) is 12.6. The van der Waals surface area contributed by atoms with Crippen molar-refractivity contribution in [3.05, 3.63) is 88.5 Å². The molecule has 9 heteroatoms. The lowest BCUT2D eigenvalue weighted by Crippen LogP contribution is -2.42. The van der Waals surface area contributed by atoms with E-state index >= 15 is 0 Å². The van der Waals surface area contributed by atoms with Gasteiger partial charge in [0.05, 0.1) is 17.7 Å². The van der Waals surface area contributed by atoms with E-state index in [1.165, 1.54) is 11.1 Å². The molecule has 2 aliphatic rings. The maximum Gasteiger partial charge on any atom is 0.271 e. The molecule has 0 fully saturated rings. The van der Waals surface area contributed by atoms with Gasteiger partial charge >= 0.3 is 0 Å². The third kappa shape index (κ3) is 5.88. The molecule has 2 aliphatic heterocycles. The average molecular weight is 499 g/mol. The summed E-state index contributed by atoms with van der Waals surface area (Å²) in [6, 6.07) is 16.8. The number of amides is 2. The molecule has 1 unspecified atom stereocenters. The van der Waals surface area contributed by atoms with Crippen LogP contribution in [0.25, 0.3) is 0 Å². The second-order valence-corrected chi connectivity index (χ2v) is 9.71. The molecular weight excluding hydrogens is 468 g/mol. The molecule has 2 aromatic carbocycles. The summed E-state index contributed by atoms with van der Waals surface area (Å²) in [5, 5.41) is 25.3. The highest BCUT2D eigenvalue weighted by molar-refractivity contribution is 5.94. The van der Waals surface area contributed by atoms with Crippen molar-refractivity contribution in [2.45, 2.75) is 44.5 Å². The van der Waals surface area contributed by atoms with E-state index in [-0.39, 0.29) is 24.4 Å². The van der Waals surface area contributed by atoms with Gasteiger partial charge in [0.1, 0.15) is 11.5 Å². The largest absolute Gasteiger partial charge is 0.390 e. The topological polar surface area (TPSA) is 123 Å². The van der Waals surface area contributed by atoms with Gasteiger partial charge in [0, 0.05) is 56.9 Å². The van der Waals surface area contributed by atoms with Gasteiger partial charge in [0.25, 0.3) is 11.8 Å². The van der Waals surface area contributed by atoms with Crippen LogP contribution in [-0.2, 0) is 25.9 Å². The summed E-state index contributed by atoms with van der Waals surface area (Å²) in [6.45, 7) is 2.87. The summed E-state index contributed by atoms with van der Waals surface area (Å²) in [4.78, 5) is 32.0. The minimum Gasteiger partial charge on any atom is -0.390 e. The summed E-state index contributed by atoms with van der Waals surface area (Å²) in [7, 11) is 0. The van der Waals surface area contributed by atoms with E-state index in [2.05, 4.69) is 38.7 Å². The number of rotatable bonds is 7. The number of benzene rings is 2. The van der Waals surface area contributed by atoms with E-state index in [0.717, 1.165) is 31.8 Å². The summed E-state index contributed by atoms with van der Waals surface area (Å²) in [5.41, 5.74) is 3.98. The van der Waals surface area contributed by atoms with E-state index < -0.39 is 6.10 Å². The molecule has 37 heavy (non-hydrogen) atoms. The van der Waals surface area contributed by atoms with E-state index in [0.29, 0.717) is 36.3 Å².